The molecule has 2 aromatic rings. The van der Waals surface area contributed by atoms with Gasteiger partial charge in [-0.1, -0.05) is 25.3 Å². The number of carbonyl (C=O) groups excluding carboxylic acids is 2. The van der Waals surface area contributed by atoms with Crippen molar-refractivity contribution in [3.05, 3.63) is 62.3 Å². The Balaban J connectivity index is 1.52. The van der Waals surface area contributed by atoms with Crippen molar-refractivity contribution in [2.45, 2.75) is 57.7 Å². The second kappa shape index (κ2) is 9.79. The van der Waals surface area contributed by atoms with Crippen LogP contribution in [-0.4, -0.2) is 57.5 Å². The highest BCUT2D eigenvalue weighted by atomic mass is 19.4. The van der Waals surface area contributed by atoms with E-state index in [0.717, 1.165) is 45.1 Å². The van der Waals surface area contributed by atoms with Gasteiger partial charge in [0.15, 0.2) is 0 Å². The number of H-pyrrole nitrogens is 1. The largest absolute Gasteiger partial charge is 0.422 e. The first kappa shape index (κ1) is 24.9. The lowest BCUT2D eigenvalue weighted by molar-refractivity contribution is -0.139. The highest BCUT2D eigenvalue weighted by Gasteiger charge is 2.37. The van der Waals surface area contributed by atoms with Gasteiger partial charge in [0, 0.05) is 25.6 Å². The average molecular weight is 494 g/mol. The molecule has 0 atom stereocenters. The number of rotatable bonds is 4. The summed E-state index contributed by atoms with van der Waals surface area (Å²) < 4.78 is 54.3. The molecule has 0 unspecified atom stereocenters. The molecule has 188 valence electrons. The Morgan fingerprint density at radius 2 is 1.86 bits per heavy atom. The fourth-order valence-electron chi connectivity index (χ4n) is 4.93. The Morgan fingerprint density at radius 3 is 2.51 bits per heavy atom. The Bertz CT molecular complexity index is 1190. The molecule has 4 rings (SSSR count). The topological polar surface area (TPSA) is 86.4 Å². The van der Waals surface area contributed by atoms with Gasteiger partial charge >= 0.3 is 6.18 Å². The Hall–Kier alpha value is -3.24. The molecule has 1 aromatic heterocycles. The predicted octanol–water partition coefficient (Wildman–Crippen LogP) is 3.44. The van der Waals surface area contributed by atoms with Crippen LogP contribution in [0, 0.1) is 12.7 Å². The molecule has 0 bridgehead atoms. The molecule has 0 spiro atoms. The third-order valence-corrected chi connectivity index (χ3v) is 6.80. The summed E-state index contributed by atoms with van der Waals surface area (Å²) in [5.41, 5.74) is -2.97. The third kappa shape index (κ3) is 5.23. The molecule has 2 amide bonds. The normalized spacial score (nSPS) is 17.7. The van der Waals surface area contributed by atoms with E-state index in [1.807, 2.05) is 10.00 Å². The van der Waals surface area contributed by atoms with Gasteiger partial charge in [0.1, 0.15) is 17.9 Å². The van der Waals surface area contributed by atoms with Crippen LogP contribution in [-0.2, 0) is 17.4 Å². The van der Waals surface area contributed by atoms with Crippen LogP contribution < -0.4 is 5.56 Å². The van der Waals surface area contributed by atoms with Gasteiger partial charge in [-0.2, -0.15) is 18.3 Å². The van der Waals surface area contributed by atoms with Gasteiger partial charge in [-0.3, -0.25) is 14.4 Å². The number of aromatic nitrogens is 2. The summed E-state index contributed by atoms with van der Waals surface area (Å²) in [6.07, 6.45) is 0.193. The van der Waals surface area contributed by atoms with Crippen molar-refractivity contribution < 1.29 is 27.2 Å². The zero-order valence-corrected chi connectivity index (χ0v) is 19.3. The summed E-state index contributed by atoms with van der Waals surface area (Å²) in [5, 5.41) is 5.58. The maximum Gasteiger partial charge on any atom is 0.422 e. The molecule has 2 fully saturated rings. The standard InChI is InChI=1S/C24H26F4N4O3/c1-14-19(29-30-22(34)21(14)24(26,27)28)12-15-7-8-18(25)17(11-15)23(35)31-9-10-32(20(33)13-31)16-5-3-2-4-6-16/h7-8,11,16H,2-6,9-10,12-13H2,1H3,(H,30,34). The lowest BCUT2D eigenvalue weighted by Crippen LogP contribution is -2.55. The van der Waals surface area contributed by atoms with Crippen LogP contribution in [0.25, 0.3) is 0 Å². The van der Waals surface area contributed by atoms with Crippen molar-refractivity contribution in [2.24, 2.45) is 0 Å². The molecule has 1 aliphatic carbocycles. The van der Waals surface area contributed by atoms with E-state index in [1.165, 1.54) is 17.0 Å². The fourth-order valence-corrected chi connectivity index (χ4v) is 4.93. The van der Waals surface area contributed by atoms with Crippen LogP contribution in [0.4, 0.5) is 17.6 Å². The Kier molecular flexibility index (Phi) is 6.95. The molecule has 35 heavy (non-hydrogen) atoms. The molecule has 1 aliphatic heterocycles. The molecule has 7 nitrogen and oxygen atoms in total. The van der Waals surface area contributed by atoms with Crippen molar-refractivity contribution in [1.82, 2.24) is 20.0 Å². The van der Waals surface area contributed by atoms with Crippen molar-refractivity contribution in [2.75, 3.05) is 19.6 Å². The van der Waals surface area contributed by atoms with E-state index in [2.05, 4.69) is 5.10 Å². The highest BCUT2D eigenvalue weighted by molar-refractivity contribution is 5.97. The zero-order valence-electron chi connectivity index (χ0n) is 19.3. The summed E-state index contributed by atoms with van der Waals surface area (Å²) in [6, 6.07) is 3.85. The smallest absolute Gasteiger partial charge is 0.336 e. The Morgan fingerprint density at radius 1 is 1.14 bits per heavy atom. The number of hydrogen-bond acceptors (Lipinski definition) is 4. The molecule has 0 radical (unpaired) electrons. The average Bonchev–Trinajstić information content (AvgIpc) is 2.81. The van der Waals surface area contributed by atoms with Gasteiger partial charge in [0.05, 0.1) is 11.3 Å². The number of aromatic amines is 1. The number of alkyl halides is 3. The molecule has 1 saturated carbocycles. The first-order valence-electron chi connectivity index (χ1n) is 11.6. The summed E-state index contributed by atoms with van der Waals surface area (Å²) in [4.78, 5) is 40.5. The number of benzene rings is 1. The van der Waals surface area contributed by atoms with Gasteiger partial charge in [0.2, 0.25) is 5.91 Å². The molecular formula is C24H26F4N4O3. The quantitative estimate of drug-likeness (QED) is 0.660. The fraction of sp³-hybridized carbons (Fsp3) is 0.500. The van der Waals surface area contributed by atoms with Crippen molar-refractivity contribution in [1.29, 1.82) is 0 Å². The van der Waals surface area contributed by atoms with E-state index in [9.17, 15) is 31.9 Å². The van der Waals surface area contributed by atoms with Gasteiger partial charge in [-0.15, -0.1) is 0 Å². The number of piperazine rings is 1. The van der Waals surface area contributed by atoms with Crippen LogP contribution in [0.3, 0.4) is 0 Å². The van der Waals surface area contributed by atoms with Gasteiger partial charge in [-0.05, 0) is 43.0 Å². The molecule has 2 heterocycles. The molecule has 1 saturated heterocycles. The van der Waals surface area contributed by atoms with E-state index in [1.54, 1.807) is 0 Å². The van der Waals surface area contributed by atoms with Crippen LogP contribution in [0.1, 0.15) is 64.8 Å². The zero-order chi connectivity index (χ0) is 25.3. The number of nitrogens with zero attached hydrogens (tertiary/aromatic N) is 3. The lowest BCUT2D eigenvalue weighted by atomic mass is 9.93. The maximum absolute atomic E-state index is 14.6. The van der Waals surface area contributed by atoms with Crippen molar-refractivity contribution in [3.63, 3.8) is 0 Å². The molecule has 2 aliphatic rings. The van der Waals surface area contributed by atoms with Crippen LogP contribution >= 0.6 is 0 Å². The highest BCUT2D eigenvalue weighted by Crippen LogP contribution is 2.30. The Labute approximate surface area is 199 Å². The summed E-state index contributed by atoms with van der Waals surface area (Å²) >= 11 is 0. The summed E-state index contributed by atoms with van der Waals surface area (Å²) in [5.74, 6) is -1.60. The second-order valence-corrected chi connectivity index (χ2v) is 9.09. The maximum atomic E-state index is 14.6. The second-order valence-electron chi connectivity index (χ2n) is 9.09. The van der Waals surface area contributed by atoms with Gasteiger partial charge in [0.25, 0.3) is 11.5 Å². The summed E-state index contributed by atoms with van der Waals surface area (Å²) in [7, 11) is 0. The van der Waals surface area contributed by atoms with E-state index in [0.29, 0.717) is 12.1 Å². The minimum absolute atomic E-state index is 0.0433. The first-order valence-corrected chi connectivity index (χ1v) is 11.6. The number of nitrogens with one attached hydrogen (secondary N) is 1. The number of carbonyl (C=O) groups is 2. The monoisotopic (exact) mass is 494 g/mol. The predicted molar refractivity (Wildman–Crippen MR) is 118 cm³/mol. The SMILES string of the molecule is Cc1c(Cc2ccc(F)c(C(=O)N3CCN(C4CCCCC4)C(=O)C3)c2)n[nH]c(=O)c1C(F)(F)F. The van der Waals surface area contributed by atoms with Crippen LogP contribution in [0.15, 0.2) is 23.0 Å². The lowest BCUT2D eigenvalue weighted by Gasteiger charge is -2.40. The van der Waals surface area contributed by atoms with Crippen molar-refractivity contribution in [3.8, 4) is 0 Å². The van der Waals surface area contributed by atoms with Gasteiger partial charge < -0.3 is 9.80 Å². The minimum atomic E-state index is -4.86. The van der Waals surface area contributed by atoms with E-state index in [-0.39, 0.29) is 48.3 Å². The molecule has 11 heteroatoms. The number of amides is 2. The first-order chi connectivity index (χ1) is 16.6. The van der Waals surface area contributed by atoms with Crippen LogP contribution in [0.2, 0.25) is 0 Å². The number of halogens is 4. The van der Waals surface area contributed by atoms with Gasteiger partial charge in [-0.25, -0.2) is 9.49 Å². The molecule has 1 aromatic carbocycles. The van der Waals surface area contributed by atoms with Crippen LogP contribution in [0.5, 0.6) is 0 Å². The third-order valence-electron chi connectivity index (χ3n) is 6.80. The summed E-state index contributed by atoms with van der Waals surface area (Å²) in [6.45, 7) is 1.67. The van der Waals surface area contributed by atoms with E-state index in [4.69, 9.17) is 0 Å². The van der Waals surface area contributed by atoms with E-state index < -0.39 is 29.0 Å². The number of hydrogen-bond donors (Lipinski definition) is 1. The van der Waals surface area contributed by atoms with E-state index >= 15 is 0 Å². The van der Waals surface area contributed by atoms with Crippen molar-refractivity contribution >= 4 is 11.8 Å². The molecular weight excluding hydrogens is 468 g/mol. The minimum Gasteiger partial charge on any atom is -0.336 e. The molecule has 1 N–H and O–H groups in total.